The van der Waals surface area contributed by atoms with Gasteiger partial charge in [-0.25, -0.2) is 0 Å². The maximum Gasteiger partial charge on any atom is 0.101 e. The molecule has 0 fully saturated rings. The van der Waals surface area contributed by atoms with Crippen molar-refractivity contribution in [2.75, 3.05) is 5.32 Å². The van der Waals surface area contributed by atoms with Crippen molar-refractivity contribution in [2.45, 2.75) is 0 Å². The molecule has 0 spiro atoms. The average molecular weight is 431 g/mol. The normalized spacial score (nSPS) is 9.89. The second-order valence-corrected chi connectivity index (χ2v) is 6.24. The molecular weight excluding hydrogens is 424 g/mol. The van der Waals surface area contributed by atoms with Crippen molar-refractivity contribution < 1.29 is 0 Å². The molecule has 0 amide bonds. The van der Waals surface area contributed by atoms with Crippen LogP contribution in [0.25, 0.3) is 0 Å². The van der Waals surface area contributed by atoms with E-state index in [2.05, 4.69) is 59.2 Å². The molecule has 0 aliphatic carbocycles. The minimum Gasteiger partial charge on any atom is -0.353 e. The lowest BCUT2D eigenvalue weighted by Gasteiger charge is -2.10. The highest BCUT2D eigenvalue weighted by molar-refractivity contribution is 9.11. The summed E-state index contributed by atoms with van der Waals surface area (Å²) in [6, 6.07) is 13.6. The lowest BCUT2D eigenvalue weighted by molar-refractivity contribution is 1.44. The third kappa shape index (κ3) is 3.14. The molecule has 0 saturated heterocycles. The van der Waals surface area contributed by atoms with Crippen molar-refractivity contribution in [3.63, 3.8) is 0 Å². The van der Waals surface area contributed by atoms with Crippen LogP contribution in [0.2, 0.25) is 0 Å². The largest absolute Gasteiger partial charge is 0.353 e. The van der Waals surface area contributed by atoms with Gasteiger partial charge in [0.25, 0.3) is 0 Å². The summed E-state index contributed by atoms with van der Waals surface area (Å²) in [7, 11) is 0. The molecule has 1 N–H and O–H groups in total. The van der Waals surface area contributed by atoms with Crippen LogP contribution in [0.15, 0.2) is 49.8 Å². The van der Waals surface area contributed by atoms with Crippen molar-refractivity contribution in [3.8, 4) is 6.07 Å². The Morgan fingerprint density at radius 2 is 1.56 bits per heavy atom. The van der Waals surface area contributed by atoms with Crippen LogP contribution in [-0.2, 0) is 0 Å². The van der Waals surface area contributed by atoms with Gasteiger partial charge in [0, 0.05) is 13.4 Å². The maximum atomic E-state index is 9.11. The number of benzene rings is 2. The van der Waals surface area contributed by atoms with Crippen LogP contribution < -0.4 is 5.32 Å². The lowest BCUT2D eigenvalue weighted by atomic mass is 10.2. The van der Waals surface area contributed by atoms with Crippen LogP contribution in [0, 0.1) is 11.3 Å². The molecule has 0 aliphatic heterocycles. The van der Waals surface area contributed by atoms with E-state index in [4.69, 9.17) is 5.26 Å². The van der Waals surface area contributed by atoms with Crippen molar-refractivity contribution in [2.24, 2.45) is 0 Å². The molecule has 0 aromatic heterocycles. The summed E-state index contributed by atoms with van der Waals surface area (Å²) in [6.45, 7) is 0. The quantitative estimate of drug-likeness (QED) is 0.674. The second-order valence-electron chi connectivity index (χ2n) is 3.55. The highest BCUT2D eigenvalue weighted by Crippen LogP contribution is 2.31. The second kappa shape index (κ2) is 5.87. The summed E-state index contributed by atoms with van der Waals surface area (Å²) in [6.07, 6.45) is 0. The number of hydrogen-bond donors (Lipinski definition) is 1. The number of nitriles is 1. The molecule has 0 unspecified atom stereocenters. The maximum absolute atomic E-state index is 9.11. The molecule has 18 heavy (non-hydrogen) atoms. The first-order valence-electron chi connectivity index (χ1n) is 5.02. The zero-order valence-electron chi connectivity index (χ0n) is 9.05. The zero-order chi connectivity index (χ0) is 13.1. The van der Waals surface area contributed by atoms with Crippen molar-refractivity contribution in [3.05, 3.63) is 55.4 Å². The summed E-state index contributed by atoms with van der Waals surface area (Å²) in [4.78, 5) is 0. The van der Waals surface area contributed by atoms with Gasteiger partial charge in [-0.15, -0.1) is 0 Å². The van der Waals surface area contributed by atoms with Crippen molar-refractivity contribution in [1.29, 1.82) is 5.26 Å². The van der Waals surface area contributed by atoms with Gasteiger partial charge in [-0.05, 0) is 52.3 Å². The van der Waals surface area contributed by atoms with E-state index in [9.17, 15) is 0 Å². The fourth-order valence-corrected chi connectivity index (χ4v) is 2.52. The Morgan fingerprint density at radius 3 is 2.28 bits per heavy atom. The zero-order valence-corrected chi connectivity index (χ0v) is 13.8. The number of nitrogens with zero attached hydrogens (tertiary/aromatic N) is 1. The van der Waals surface area contributed by atoms with Crippen LogP contribution in [0.5, 0.6) is 0 Å². The van der Waals surface area contributed by atoms with E-state index in [0.717, 1.165) is 24.8 Å². The van der Waals surface area contributed by atoms with E-state index in [1.165, 1.54) is 0 Å². The van der Waals surface area contributed by atoms with Gasteiger partial charge in [-0.2, -0.15) is 5.26 Å². The SMILES string of the molecule is N#Cc1cc(Br)ccc1Nc1cc(Br)ccc1Br. The number of hydrogen-bond acceptors (Lipinski definition) is 2. The smallest absolute Gasteiger partial charge is 0.101 e. The molecule has 90 valence electrons. The Labute approximate surface area is 130 Å². The van der Waals surface area contributed by atoms with Crippen molar-refractivity contribution >= 4 is 59.2 Å². The minimum absolute atomic E-state index is 0.594. The molecule has 2 aromatic carbocycles. The van der Waals surface area contributed by atoms with E-state index < -0.39 is 0 Å². The van der Waals surface area contributed by atoms with Gasteiger partial charge in [0.1, 0.15) is 6.07 Å². The molecular formula is C13H7Br3N2. The molecule has 0 aliphatic rings. The third-order valence-corrected chi connectivity index (χ3v) is 3.98. The van der Waals surface area contributed by atoms with Gasteiger partial charge in [-0.3, -0.25) is 0 Å². The molecule has 5 heteroatoms. The minimum atomic E-state index is 0.594. The van der Waals surface area contributed by atoms with Crippen LogP contribution in [-0.4, -0.2) is 0 Å². The average Bonchev–Trinajstić information content (AvgIpc) is 2.36. The van der Waals surface area contributed by atoms with Crippen molar-refractivity contribution in [1.82, 2.24) is 0 Å². The van der Waals surface area contributed by atoms with Crippen LogP contribution in [0.4, 0.5) is 11.4 Å². The van der Waals surface area contributed by atoms with Gasteiger partial charge in [0.2, 0.25) is 0 Å². The van der Waals surface area contributed by atoms with E-state index >= 15 is 0 Å². The van der Waals surface area contributed by atoms with Gasteiger partial charge in [-0.1, -0.05) is 31.9 Å². The molecule has 0 saturated carbocycles. The Morgan fingerprint density at radius 1 is 0.889 bits per heavy atom. The Kier molecular flexibility index (Phi) is 4.44. The van der Waals surface area contributed by atoms with Crippen LogP contribution in [0.1, 0.15) is 5.56 Å². The standard InChI is InChI=1S/C13H7Br3N2/c14-9-2-4-12(8(5-9)7-17)18-13-6-10(15)1-3-11(13)16/h1-6,18H. The highest BCUT2D eigenvalue weighted by atomic mass is 79.9. The van der Waals surface area contributed by atoms with E-state index in [1.807, 2.05) is 30.3 Å². The number of nitrogens with one attached hydrogen (secondary N) is 1. The first-order chi connectivity index (χ1) is 8.60. The van der Waals surface area contributed by atoms with Gasteiger partial charge < -0.3 is 5.32 Å². The monoisotopic (exact) mass is 428 g/mol. The first kappa shape index (κ1) is 13.6. The Hall–Kier alpha value is -0.830. The van der Waals surface area contributed by atoms with Gasteiger partial charge >= 0.3 is 0 Å². The Balaban J connectivity index is 2.40. The summed E-state index contributed by atoms with van der Waals surface area (Å²) in [5.74, 6) is 0. The predicted molar refractivity (Wildman–Crippen MR) is 84.0 cm³/mol. The fourth-order valence-electron chi connectivity index (χ4n) is 1.46. The van der Waals surface area contributed by atoms with Gasteiger partial charge in [0.05, 0.1) is 16.9 Å². The summed E-state index contributed by atoms with van der Waals surface area (Å²) < 4.78 is 2.80. The molecule has 0 heterocycles. The molecule has 0 bridgehead atoms. The predicted octanol–water partition coefficient (Wildman–Crippen LogP) is 5.59. The fraction of sp³-hybridized carbons (Fsp3) is 0. The topological polar surface area (TPSA) is 35.8 Å². The summed E-state index contributed by atoms with van der Waals surface area (Å²) in [5, 5.41) is 12.4. The Bertz CT molecular complexity index is 633. The summed E-state index contributed by atoms with van der Waals surface area (Å²) >= 11 is 10.2. The van der Waals surface area contributed by atoms with E-state index in [1.54, 1.807) is 6.07 Å². The number of halogens is 3. The third-order valence-electron chi connectivity index (χ3n) is 2.30. The lowest BCUT2D eigenvalue weighted by Crippen LogP contribution is -1.94. The van der Waals surface area contributed by atoms with E-state index in [-0.39, 0.29) is 0 Å². The van der Waals surface area contributed by atoms with Crippen LogP contribution in [0.3, 0.4) is 0 Å². The van der Waals surface area contributed by atoms with Gasteiger partial charge in [0.15, 0.2) is 0 Å². The molecule has 0 radical (unpaired) electrons. The first-order valence-corrected chi connectivity index (χ1v) is 7.40. The highest BCUT2D eigenvalue weighted by Gasteiger charge is 2.06. The summed E-state index contributed by atoms with van der Waals surface area (Å²) in [5.41, 5.74) is 2.28. The molecule has 2 aromatic rings. The molecule has 2 rings (SSSR count). The van der Waals surface area contributed by atoms with E-state index in [0.29, 0.717) is 5.56 Å². The number of rotatable bonds is 2. The molecule has 2 nitrogen and oxygen atoms in total. The molecule has 0 atom stereocenters. The van der Waals surface area contributed by atoms with Crippen LogP contribution >= 0.6 is 47.8 Å². The number of anilines is 2.